The van der Waals surface area contributed by atoms with Gasteiger partial charge in [-0.2, -0.15) is 5.10 Å². The Bertz CT molecular complexity index is 633. The Morgan fingerprint density at radius 2 is 2.19 bits per heavy atom. The van der Waals surface area contributed by atoms with Crippen LogP contribution in [0.5, 0.6) is 5.75 Å². The molecule has 0 saturated carbocycles. The molecule has 1 aliphatic heterocycles. The maximum Gasteiger partial charge on any atom is 0.126 e. The van der Waals surface area contributed by atoms with Crippen LogP contribution in [0.3, 0.4) is 0 Å². The van der Waals surface area contributed by atoms with Gasteiger partial charge in [-0.15, -0.1) is 0 Å². The highest BCUT2D eigenvalue weighted by Crippen LogP contribution is 2.35. The fourth-order valence-corrected chi connectivity index (χ4v) is 3.06. The first-order valence-corrected chi connectivity index (χ1v) is 7.61. The van der Waals surface area contributed by atoms with Gasteiger partial charge >= 0.3 is 0 Å². The number of hydrogen-bond acceptors (Lipinski definition) is 3. The zero-order valence-electron chi connectivity index (χ0n) is 13.0. The Kier molecular flexibility index (Phi) is 3.97. The number of hydrogen-bond donors (Lipinski definition) is 2. The first-order chi connectivity index (χ1) is 10.1. The number of nitrogens with one attached hydrogen (secondary N) is 2. The average molecular weight is 285 g/mol. The van der Waals surface area contributed by atoms with E-state index < -0.39 is 0 Å². The summed E-state index contributed by atoms with van der Waals surface area (Å²) in [6, 6.07) is 4.80. The van der Waals surface area contributed by atoms with Crippen LogP contribution in [0.2, 0.25) is 0 Å². The number of H-pyrrole nitrogens is 1. The number of rotatable bonds is 3. The van der Waals surface area contributed by atoms with E-state index in [0.29, 0.717) is 6.04 Å². The molecule has 0 aliphatic carbocycles. The van der Waals surface area contributed by atoms with Crippen molar-refractivity contribution in [3.63, 3.8) is 0 Å². The number of aryl methyl sites for hydroxylation is 3. The van der Waals surface area contributed by atoms with Gasteiger partial charge in [0.15, 0.2) is 0 Å². The lowest BCUT2D eigenvalue weighted by Crippen LogP contribution is -2.21. The van der Waals surface area contributed by atoms with Crippen molar-refractivity contribution in [2.45, 2.75) is 46.2 Å². The molecule has 1 aliphatic rings. The van der Waals surface area contributed by atoms with E-state index in [9.17, 15) is 0 Å². The normalized spacial score (nSPS) is 18.0. The predicted molar refractivity (Wildman–Crippen MR) is 83.6 cm³/mol. The number of fused-ring (bicyclic) bond motifs is 1. The second-order valence-electron chi connectivity index (χ2n) is 5.94. The molecular weight excluding hydrogens is 262 g/mol. The summed E-state index contributed by atoms with van der Waals surface area (Å²) < 4.78 is 5.97. The van der Waals surface area contributed by atoms with Gasteiger partial charge in [0.25, 0.3) is 0 Å². The van der Waals surface area contributed by atoms with Crippen molar-refractivity contribution in [3.05, 3.63) is 46.3 Å². The van der Waals surface area contributed by atoms with Crippen LogP contribution in [0.15, 0.2) is 18.3 Å². The summed E-state index contributed by atoms with van der Waals surface area (Å²) in [7, 11) is 0. The number of aromatic nitrogens is 2. The zero-order chi connectivity index (χ0) is 14.8. The molecule has 0 radical (unpaired) electrons. The van der Waals surface area contributed by atoms with Gasteiger partial charge < -0.3 is 10.1 Å². The standard InChI is InChI=1S/C17H23N3O/c1-11-7-12(2)17-15(8-11)16(5-4-6-21-17)18-9-14-10-19-20-13(14)3/h7-8,10,16,18H,4-6,9H2,1-3H3,(H,19,20)/t16-/m1/s1. The second-order valence-corrected chi connectivity index (χ2v) is 5.94. The molecule has 1 atom stereocenters. The fraction of sp³-hybridized carbons (Fsp3) is 0.471. The van der Waals surface area contributed by atoms with Gasteiger partial charge in [0, 0.05) is 29.4 Å². The monoisotopic (exact) mass is 285 g/mol. The molecule has 1 aromatic carbocycles. The Balaban J connectivity index is 1.84. The third-order valence-corrected chi connectivity index (χ3v) is 4.18. The van der Waals surface area contributed by atoms with E-state index in [1.165, 1.54) is 22.3 Å². The molecule has 0 fully saturated rings. The maximum atomic E-state index is 5.97. The lowest BCUT2D eigenvalue weighted by atomic mass is 9.97. The highest BCUT2D eigenvalue weighted by molar-refractivity contribution is 5.46. The Labute approximate surface area is 125 Å². The molecule has 0 amide bonds. The molecule has 2 heterocycles. The van der Waals surface area contributed by atoms with E-state index in [-0.39, 0.29) is 0 Å². The molecule has 0 spiro atoms. The van der Waals surface area contributed by atoms with Crippen molar-refractivity contribution >= 4 is 0 Å². The Hall–Kier alpha value is -1.81. The average Bonchev–Trinajstić information content (AvgIpc) is 2.73. The second kappa shape index (κ2) is 5.90. The summed E-state index contributed by atoms with van der Waals surface area (Å²) in [4.78, 5) is 0. The Morgan fingerprint density at radius 1 is 1.33 bits per heavy atom. The van der Waals surface area contributed by atoms with Crippen molar-refractivity contribution in [2.24, 2.45) is 0 Å². The van der Waals surface area contributed by atoms with Crippen molar-refractivity contribution in [3.8, 4) is 5.75 Å². The first kappa shape index (κ1) is 14.1. The molecule has 0 unspecified atom stereocenters. The van der Waals surface area contributed by atoms with Crippen molar-refractivity contribution < 1.29 is 4.74 Å². The predicted octanol–water partition coefficient (Wildman–Crippen LogP) is 3.34. The van der Waals surface area contributed by atoms with Crippen LogP contribution in [0.4, 0.5) is 0 Å². The fourth-order valence-electron chi connectivity index (χ4n) is 3.06. The summed E-state index contributed by atoms with van der Waals surface area (Å²) in [6.07, 6.45) is 4.08. The molecule has 4 nitrogen and oxygen atoms in total. The lowest BCUT2D eigenvalue weighted by molar-refractivity contribution is 0.313. The number of benzene rings is 1. The summed E-state index contributed by atoms with van der Waals surface area (Å²) >= 11 is 0. The Morgan fingerprint density at radius 3 is 2.95 bits per heavy atom. The number of aromatic amines is 1. The number of ether oxygens (including phenoxy) is 1. The van der Waals surface area contributed by atoms with Crippen LogP contribution in [0, 0.1) is 20.8 Å². The van der Waals surface area contributed by atoms with Gasteiger partial charge in [-0.25, -0.2) is 0 Å². The van der Waals surface area contributed by atoms with Crippen LogP contribution < -0.4 is 10.1 Å². The largest absolute Gasteiger partial charge is 0.493 e. The summed E-state index contributed by atoms with van der Waals surface area (Å²) in [5.41, 5.74) is 6.19. The van der Waals surface area contributed by atoms with E-state index in [1.807, 2.05) is 6.20 Å². The van der Waals surface area contributed by atoms with Crippen molar-refractivity contribution in [1.29, 1.82) is 0 Å². The molecule has 112 valence electrons. The highest BCUT2D eigenvalue weighted by Gasteiger charge is 2.21. The van der Waals surface area contributed by atoms with E-state index in [0.717, 1.165) is 37.4 Å². The van der Waals surface area contributed by atoms with Crippen LogP contribution in [0.1, 0.15) is 46.8 Å². The molecule has 2 N–H and O–H groups in total. The summed E-state index contributed by atoms with van der Waals surface area (Å²) in [6.45, 7) is 7.98. The van der Waals surface area contributed by atoms with Crippen LogP contribution in [-0.4, -0.2) is 16.8 Å². The minimum atomic E-state index is 0.343. The molecule has 3 rings (SSSR count). The molecular formula is C17H23N3O. The molecule has 0 bridgehead atoms. The third kappa shape index (κ3) is 2.95. The third-order valence-electron chi connectivity index (χ3n) is 4.18. The zero-order valence-corrected chi connectivity index (χ0v) is 13.0. The molecule has 4 heteroatoms. The maximum absolute atomic E-state index is 5.97. The molecule has 21 heavy (non-hydrogen) atoms. The van der Waals surface area contributed by atoms with E-state index in [2.05, 4.69) is 48.4 Å². The quantitative estimate of drug-likeness (QED) is 0.909. The topological polar surface area (TPSA) is 49.9 Å². The SMILES string of the molecule is Cc1cc(C)c2c(c1)[C@H](NCc1cn[nH]c1C)CCCO2. The first-order valence-electron chi connectivity index (χ1n) is 7.61. The van der Waals surface area contributed by atoms with E-state index >= 15 is 0 Å². The summed E-state index contributed by atoms with van der Waals surface area (Å²) in [5, 5.41) is 10.8. The van der Waals surface area contributed by atoms with Crippen LogP contribution in [-0.2, 0) is 6.54 Å². The number of nitrogens with zero attached hydrogens (tertiary/aromatic N) is 1. The van der Waals surface area contributed by atoms with Crippen LogP contribution in [0.25, 0.3) is 0 Å². The van der Waals surface area contributed by atoms with E-state index in [4.69, 9.17) is 4.74 Å². The van der Waals surface area contributed by atoms with Gasteiger partial charge in [0.05, 0.1) is 12.8 Å². The van der Waals surface area contributed by atoms with Gasteiger partial charge in [0.2, 0.25) is 0 Å². The molecule has 2 aromatic rings. The minimum Gasteiger partial charge on any atom is -0.493 e. The highest BCUT2D eigenvalue weighted by atomic mass is 16.5. The summed E-state index contributed by atoms with van der Waals surface area (Å²) in [5.74, 6) is 1.07. The minimum absolute atomic E-state index is 0.343. The van der Waals surface area contributed by atoms with E-state index in [1.54, 1.807) is 0 Å². The van der Waals surface area contributed by atoms with Crippen molar-refractivity contribution in [2.75, 3.05) is 6.61 Å². The lowest BCUT2D eigenvalue weighted by Gasteiger charge is -2.20. The van der Waals surface area contributed by atoms with Crippen LogP contribution >= 0.6 is 0 Å². The molecule has 1 aromatic heterocycles. The molecule has 0 saturated heterocycles. The smallest absolute Gasteiger partial charge is 0.126 e. The van der Waals surface area contributed by atoms with Gasteiger partial charge in [0.1, 0.15) is 5.75 Å². The van der Waals surface area contributed by atoms with Gasteiger partial charge in [-0.1, -0.05) is 17.7 Å². The van der Waals surface area contributed by atoms with Gasteiger partial charge in [-0.3, -0.25) is 5.10 Å². The van der Waals surface area contributed by atoms with Crippen molar-refractivity contribution in [1.82, 2.24) is 15.5 Å². The van der Waals surface area contributed by atoms with Gasteiger partial charge in [-0.05, 0) is 39.2 Å².